The number of carbonyl (C=O) groups is 6. The molecule has 2 aliphatic rings. The first-order chi connectivity index (χ1) is 30.8. The zero-order chi connectivity index (χ0) is 46.8. The van der Waals surface area contributed by atoms with Gasteiger partial charge in [-0.15, -0.1) is 0 Å². The number of rotatable bonds is 20. The highest BCUT2D eigenvalue weighted by molar-refractivity contribution is 6.00. The van der Waals surface area contributed by atoms with Crippen LogP contribution in [0, 0.1) is 23.7 Å². The molecule has 2 heterocycles. The minimum absolute atomic E-state index is 0.0651. The molecule has 0 bridgehead atoms. The van der Waals surface area contributed by atoms with Crippen molar-refractivity contribution in [3.8, 4) is 46.7 Å². The maximum Gasteiger partial charge on any atom is 0.258 e. The number of methoxy groups -OCH3 is 4. The zero-order valence-electron chi connectivity index (χ0n) is 38.0. The first kappa shape index (κ1) is 50.1. The molecule has 346 valence electrons. The lowest BCUT2D eigenvalue weighted by Gasteiger charge is -2.29. The van der Waals surface area contributed by atoms with E-state index in [4.69, 9.17) is 18.9 Å². The lowest BCUT2D eigenvalue weighted by molar-refractivity contribution is -0.137. The third kappa shape index (κ3) is 13.0. The Morgan fingerprint density at radius 2 is 0.953 bits per heavy atom. The SMILES string of the molecule is CN[C@@H](C)C(=O)N[C@@H](CC#CC#CC[C@H](NC(=O)[C@H](C)NC)C(=O)N1CCC[C@H]1CNC(=O)c1c(OC)cccc1OC)C(=O)N1CCC[C@H]1CNC(=O)c1c(OC)cccc1OC. The van der Waals surface area contributed by atoms with Crippen molar-refractivity contribution >= 4 is 35.4 Å². The predicted octanol–water partition coefficient (Wildman–Crippen LogP) is 0.835. The summed E-state index contributed by atoms with van der Waals surface area (Å²) in [6, 6.07) is 6.17. The van der Waals surface area contributed by atoms with Crippen molar-refractivity contribution in [2.45, 2.75) is 88.6 Å². The molecule has 2 fully saturated rings. The van der Waals surface area contributed by atoms with Crippen LogP contribution in [0.1, 0.15) is 73.1 Å². The van der Waals surface area contributed by atoms with E-state index in [1.165, 1.54) is 28.4 Å². The summed E-state index contributed by atoms with van der Waals surface area (Å²) >= 11 is 0. The fourth-order valence-electron chi connectivity index (χ4n) is 7.47. The molecular formula is C46H62N8O10. The van der Waals surface area contributed by atoms with E-state index in [0.29, 0.717) is 61.8 Å². The molecule has 2 aromatic rings. The van der Waals surface area contributed by atoms with Crippen LogP contribution in [0.25, 0.3) is 0 Å². The molecule has 6 N–H and O–H groups in total. The van der Waals surface area contributed by atoms with E-state index in [2.05, 4.69) is 55.6 Å². The van der Waals surface area contributed by atoms with Gasteiger partial charge in [0.25, 0.3) is 11.8 Å². The van der Waals surface area contributed by atoms with Gasteiger partial charge in [-0.05, 0) is 89.7 Å². The number of amides is 6. The quantitative estimate of drug-likeness (QED) is 0.102. The van der Waals surface area contributed by atoms with Crippen molar-refractivity contribution in [3.63, 3.8) is 0 Å². The van der Waals surface area contributed by atoms with Gasteiger partial charge in [-0.25, -0.2) is 0 Å². The molecule has 18 nitrogen and oxygen atoms in total. The summed E-state index contributed by atoms with van der Waals surface area (Å²) in [5.41, 5.74) is 0.481. The van der Waals surface area contributed by atoms with Gasteiger partial charge in [-0.1, -0.05) is 24.0 Å². The molecule has 6 atom stereocenters. The Labute approximate surface area is 375 Å². The maximum atomic E-state index is 14.1. The van der Waals surface area contributed by atoms with E-state index in [1.807, 2.05) is 0 Å². The number of likely N-dealkylation sites (N-methyl/N-ethyl adjacent to an activating group) is 2. The lowest BCUT2D eigenvalue weighted by atomic mass is 10.1. The van der Waals surface area contributed by atoms with Gasteiger partial charge < -0.3 is 60.6 Å². The van der Waals surface area contributed by atoms with Crippen molar-refractivity contribution in [1.82, 2.24) is 41.7 Å². The smallest absolute Gasteiger partial charge is 0.258 e. The molecule has 0 spiro atoms. The second kappa shape index (κ2) is 25.0. The molecule has 0 aliphatic carbocycles. The van der Waals surface area contributed by atoms with Gasteiger partial charge in [0, 0.05) is 51.1 Å². The molecule has 0 saturated carbocycles. The zero-order valence-corrected chi connectivity index (χ0v) is 38.0. The second-order valence-corrected chi connectivity index (χ2v) is 15.3. The molecule has 2 saturated heterocycles. The fourth-order valence-corrected chi connectivity index (χ4v) is 7.47. The van der Waals surface area contributed by atoms with Crippen LogP contribution in [-0.4, -0.2) is 150 Å². The molecule has 2 aromatic carbocycles. The van der Waals surface area contributed by atoms with Gasteiger partial charge in [0.05, 0.1) is 40.5 Å². The Hall–Kier alpha value is -6.50. The largest absolute Gasteiger partial charge is 0.496 e. The van der Waals surface area contributed by atoms with Crippen LogP contribution in [0.15, 0.2) is 36.4 Å². The Morgan fingerprint density at radius 3 is 1.27 bits per heavy atom. The third-order valence-corrected chi connectivity index (χ3v) is 11.4. The number of likely N-dealkylation sites (tertiary alicyclic amines) is 2. The predicted molar refractivity (Wildman–Crippen MR) is 239 cm³/mol. The minimum atomic E-state index is -1.02. The number of nitrogens with zero attached hydrogens (tertiary/aromatic N) is 2. The average Bonchev–Trinajstić information content (AvgIpc) is 4.01. The van der Waals surface area contributed by atoms with E-state index in [1.54, 1.807) is 74.1 Å². The van der Waals surface area contributed by atoms with Gasteiger partial charge in [-0.3, -0.25) is 28.8 Å². The summed E-state index contributed by atoms with van der Waals surface area (Å²) in [7, 11) is 9.12. The van der Waals surface area contributed by atoms with Gasteiger partial charge >= 0.3 is 0 Å². The molecular weight excluding hydrogens is 825 g/mol. The molecule has 4 rings (SSSR count). The van der Waals surface area contributed by atoms with Gasteiger partial charge in [-0.2, -0.15) is 0 Å². The molecule has 6 amide bonds. The summed E-state index contributed by atoms with van der Waals surface area (Å²) in [6.45, 7) is 4.50. The number of ether oxygens (including phenoxy) is 4. The molecule has 64 heavy (non-hydrogen) atoms. The van der Waals surface area contributed by atoms with E-state index in [0.717, 1.165) is 0 Å². The van der Waals surface area contributed by atoms with Crippen LogP contribution in [0.2, 0.25) is 0 Å². The topological polar surface area (TPSA) is 218 Å². The Balaban J connectivity index is 1.46. The fraction of sp³-hybridized carbons (Fsp3) is 0.522. The van der Waals surface area contributed by atoms with Crippen LogP contribution in [0.3, 0.4) is 0 Å². The maximum absolute atomic E-state index is 14.1. The molecule has 0 unspecified atom stereocenters. The number of carbonyl (C=O) groups excluding carboxylic acids is 6. The number of nitrogens with one attached hydrogen (secondary N) is 6. The van der Waals surface area contributed by atoms with Crippen molar-refractivity contribution in [1.29, 1.82) is 0 Å². The third-order valence-electron chi connectivity index (χ3n) is 11.4. The lowest BCUT2D eigenvalue weighted by Crippen LogP contribution is -2.54. The van der Waals surface area contributed by atoms with Crippen molar-refractivity contribution < 1.29 is 47.7 Å². The molecule has 0 radical (unpaired) electrons. The molecule has 18 heteroatoms. The summed E-state index contributed by atoms with van der Waals surface area (Å²) in [5.74, 6) is 10.4. The normalized spacial score (nSPS) is 17.2. The number of hydrogen-bond acceptors (Lipinski definition) is 12. The highest BCUT2D eigenvalue weighted by Crippen LogP contribution is 2.30. The van der Waals surface area contributed by atoms with Crippen LogP contribution in [0.4, 0.5) is 0 Å². The Bertz CT molecular complexity index is 1920. The van der Waals surface area contributed by atoms with E-state index < -0.39 is 47.8 Å². The summed E-state index contributed by atoms with van der Waals surface area (Å²) in [5, 5.41) is 17.2. The molecule has 2 aliphatic heterocycles. The van der Waals surface area contributed by atoms with Crippen molar-refractivity contribution in [2.24, 2.45) is 0 Å². The Kier molecular flexibility index (Phi) is 19.6. The van der Waals surface area contributed by atoms with E-state index in [9.17, 15) is 28.8 Å². The number of benzene rings is 2. The summed E-state index contributed by atoms with van der Waals surface area (Å²) in [6.07, 6.45) is 2.53. The van der Waals surface area contributed by atoms with Gasteiger partial charge in [0.2, 0.25) is 23.6 Å². The van der Waals surface area contributed by atoms with Crippen molar-refractivity contribution in [3.05, 3.63) is 47.5 Å². The Morgan fingerprint density at radius 1 is 0.609 bits per heavy atom. The van der Waals surface area contributed by atoms with Crippen LogP contribution >= 0.6 is 0 Å². The number of hydrogen-bond donors (Lipinski definition) is 6. The van der Waals surface area contributed by atoms with Crippen LogP contribution in [0.5, 0.6) is 23.0 Å². The summed E-state index contributed by atoms with van der Waals surface area (Å²) in [4.78, 5) is 84.1. The first-order valence-corrected chi connectivity index (χ1v) is 21.3. The average molecular weight is 887 g/mol. The van der Waals surface area contributed by atoms with Gasteiger partial charge in [0.1, 0.15) is 46.2 Å². The van der Waals surface area contributed by atoms with Crippen LogP contribution < -0.4 is 50.8 Å². The van der Waals surface area contributed by atoms with Crippen LogP contribution in [-0.2, 0) is 19.2 Å². The van der Waals surface area contributed by atoms with E-state index in [-0.39, 0.29) is 61.0 Å². The highest BCUT2D eigenvalue weighted by atomic mass is 16.5. The standard InChI is InChI=1S/C46H62N8O10/c1-29(47-3)41(55)51-33(45(59)53-25-15-17-31(53)27-49-43(57)39-35(61-5)21-13-22-36(39)62-6)19-11-9-10-12-20-34(52-42(56)30(2)48-4)46(60)54-26-16-18-32(54)28-50-44(58)40-37(63-7)23-14-24-38(40)64-8/h13-14,21-24,29-34,47-48H,15-20,25-28H2,1-8H3,(H,49,57)(H,50,58)(H,51,55)(H,52,56)/t29-,30-,31-,32-,33-,34-/m0/s1. The monoisotopic (exact) mass is 886 g/mol. The second-order valence-electron chi connectivity index (χ2n) is 15.3. The summed E-state index contributed by atoms with van der Waals surface area (Å²) < 4.78 is 21.5. The molecule has 0 aromatic heterocycles. The highest BCUT2D eigenvalue weighted by Gasteiger charge is 2.36. The van der Waals surface area contributed by atoms with Crippen molar-refractivity contribution in [2.75, 3.05) is 68.7 Å². The van der Waals surface area contributed by atoms with E-state index >= 15 is 0 Å². The van der Waals surface area contributed by atoms with Gasteiger partial charge in [0.15, 0.2) is 0 Å². The first-order valence-electron chi connectivity index (χ1n) is 21.3. The minimum Gasteiger partial charge on any atom is -0.496 e.